The van der Waals surface area contributed by atoms with E-state index in [1.807, 2.05) is 12.1 Å². The highest BCUT2D eigenvalue weighted by Gasteiger charge is 2.20. The molecule has 0 spiro atoms. The number of benzene rings is 9. The van der Waals surface area contributed by atoms with Gasteiger partial charge in [-0.25, -0.2) is 15.0 Å². The summed E-state index contributed by atoms with van der Waals surface area (Å²) in [6, 6.07) is 70.3. The topological polar surface area (TPSA) is 51.8 Å². The van der Waals surface area contributed by atoms with Gasteiger partial charge in [0.15, 0.2) is 17.5 Å². The van der Waals surface area contributed by atoms with Crippen LogP contribution in [-0.2, 0) is 0 Å². The average Bonchev–Trinajstić information content (AvgIpc) is 3.89. The minimum Gasteiger partial charge on any atom is -0.455 e. The molecule has 9 aromatic carbocycles. The van der Waals surface area contributed by atoms with Crippen molar-refractivity contribution in [1.82, 2.24) is 15.0 Å². The fraction of sp³-hybridized carbons (Fsp3) is 0. The highest BCUT2D eigenvalue weighted by Crippen LogP contribution is 2.44. The minimum absolute atomic E-state index is 0.620. The SMILES string of the molecule is c1ccc(-c2ccc(-c3nc(-c4ccc(-c5ccc(-c6ccccc6)c6oc7cc8ccccc8cc7c56)cc4)nc(-c4cccc5sc6ccccc6c45)n3)cc2)cc1. The Labute approximate surface area is 349 Å². The molecule has 0 N–H and O–H groups in total. The second-order valence-electron chi connectivity index (χ2n) is 15.1. The zero-order valence-electron chi connectivity index (χ0n) is 32.2. The highest BCUT2D eigenvalue weighted by atomic mass is 32.1. The molecule has 0 aliphatic carbocycles. The van der Waals surface area contributed by atoms with Gasteiger partial charge in [0.25, 0.3) is 0 Å². The highest BCUT2D eigenvalue weighted by molar-refractivity contribution is 7.25. The molecule has 0 radical (unpaired) electrons. The Balaban J connectivity index is 1.01. The van der Waals surface area contributed by atoms with Crippen LogP contribution in [0.15, 0.2) is 205 Å². The Morgan fingerprint density at radius 3 is 1.60 bits per heavy atom. The Morgan fingerprint density at radius 1 is 0.333 bits per heavy atom. The number of aromatic nitrogens is 3. The van der Waals surface area contributed by atoms with E-state index in [1.54, 1.807) is 11.3 Å². The number of furan rings is 1. The summed E-state index contributed by atoms with van der Waals surface area (Å²) in [6.07, 6.45) is 0. The van der Waals surface area contributed by atoms with Gasteiger partial charge in [-0.3, -0.25) is 0 Å². The van der Waals surface area contributed by atoms with Crippen LogP contribution >= 0.6 is 11.3 Å². The average molecular weight is 784 g/mol. The summed E-state index contributed by atoms with van der Waals surface area (Å²) in [7, 11) is 0. The van der Waals surface area contributed by atoms with Crippen LogP contribution in [0.2, 0.25) is 0 Å². The molecule has 60 heavy (non-hydrogen) atoms. The minimum atomic E-state index is 0.620. The number of hydrogen-bond donors (Lipinski definition) is 0. The van der Waals surface area contributed by atoms with Crippen molar-refractivity contribution in [3.05, 3.63) is 200 Å². The number of fused-ring (bicyclic) bond motifs is 7. The van der Waals surface area contributed by atoms with Crippen molar-refractivity contribution < 1.29 is 4.42 Å². The molecule has 0 unspecified atom stereocenters. The van der Waals surface area contributed by atoms with Gasteiger partial charge in [-0.2, -0.15) is 0 Å². The summed E-state index contributed by atoms with van der Waals surface area (Å²) in [5.41, 5.74) is 11.3. The first-order chi connectivity index (χ1) is 29.7. The van der Waals surface area contributed by atoms with E-state index < -0.39 is 0 Å². The number of hydrogen-bond acceptors (Lipinski definition) is 5. The van der Waals surface area contributed by atoms with Crippen LogP contribution in [0.4, 0.5) is 0 Å². The lowest BCUT2D eigenvalue weighted by Gasteiger charge is -2.11. The smallest absolute Gasteiger partial charge is 0.164 e. The van der Waals surface area contributed by atoms with Gasteiger partial charge in [0.1, 0.15) is 11.2 Å². The van der Waals surface area contributed by atoms with Crippen LogP contribution in [0.1, 0.15) is 0 Å². The largest absolute Gasteiger partial charge is 0.455 e. The van der Waals surface area contributed by atoms with Gasteiger partial charge >= 0.3 is 0 Å². The molecule has 0 aliphatic rings. The van der Waals surface area contributed by atoms with Gasteiger partial charge < -0.3 is 4.42 Å². The van der Waals surface area contributed by atoms with Crippen molar-refractivity contribution in [2.24, 2.45) is 0 Å². The zero-order chi connectivity index (χ0) is 39.6. The molecule has 0 saturated heterocycles. The molecule has 0 bridgehead atoms. The van der Waals surface area contributed by atoms with E-state index in [1.165, 1.54) is 31.1 Å². The third-order valence-corrected chi connectivity index (χ3v) is 12.7. The van der Waals surface area contributed by atoms with Crippen LogP contribution < -0.4 is 0 Å². The molecule has 0 atom stereocenters. The predicted octanol–water partition coefficient (Wildman–Crippen LogP) is 15.3. The quantitative estimate of drug-likeness (QED) is 0.169. The third kappa shape index (κ3) is 5.78. The molecule has 280 valence electrons. The number of thiophene rings is 1. The van der Waals surface area contributed by atoms with Crippen LogP contribution in [0, 0.1) is 0 Å². The van der Waals surface area contributed by atoms with E-state index in [0.29, 0.717) is 17.5 Å². The molecule has 3 heterocycles. The Hall–Kier alpha value is -7.73. The van der Waals surface area contributed by atoms with Crippen molar-refractivity contribution in [3.8, 4) is 67.5 Å². The lowest BCUT2D eigenvalue weighted by molar-refractivity contribution is 0.670. The Bertz CT molecular complexity index is 3570. The van der Waals surface area contributed by atoms with Gasteiger partial charge in [0.2, 0.25) is 0 Å². The fourth-order valence-corrected chi connectivity index (χ4v) is 9.74. The molecule has 3 aromatic heterocycles. The number of nitrogens with zero attached hydrogens (tertiary/aromatic N) is 3. The lowest BCUT2D eigenvalue weighted by atomic mass is 9.93. The summed E-state index contributed by atoms with van der Waals surface area (Å²) in [6.45, 7) is 0. The first kappa shape index (κ1) is 34.3. The van der Waals surface area contributed by atoms with Crippen LogP contribution in [-0.4, -0.2) is 15.0 Å². The molecular weight excluding hydrogens is 751 g/mol. The molecule has 12 rings (SSSR count). The zero-order valence-corrected chi connectivity index (χ0v) is 33.0. The van der Waals surface area contributed by atoms with E-state index in [0.717, 1.165) is 71.8 Å². The van der Waals surface area contributed by atoms with Crippen molar-refractivity contribution in [2.75, 3.05) is 0 Å². The molecule has 12 aromatic rings. The van der Waals surface area contributed by atoms with Crippen molar-refractivity contribution >= 4 is 64.2 Å². The predicted molar refractivity (Wildman–Crippen MR) is 250 cm³/mol. The van der Waals surface area contributed by atoms with Crippen LogP contribution in [0.5, 0.6) is 0 Å². The first-order valence-electron chi connectivity index (χ1n) is 20.1. The first-order valence-corrected chi connectivity index (χ1v) is 20.9. The van der Waals surface area contributed by atoms with E-state index in [4.69, 9.17) is 19.4 Å². The third-order valence-electron chi connectivity index (χ3n) is 11.6. The standard InChI is InChI=1S/C55H33N3OS/c1-3-12-34(13-4-1)35-22-26-38(27-23-35)53-56-54(58-55(57-53)45-19-11-21-49-50(45)44-18-9-10-20-48(44)60-49)39-28-24-37(25-29-39)42-30-31-43(36-14-5-2-6-15-36)52-51(42)46-32-40-16-7-8-17-41(40)33-47(46)59-52/h1-33H. The van der Waals surface area contributed by atoms with Gasteiger partial charge in [-0.15, -0.1) is 11.3 Å². The summed E-state index contributed by atoms with van der Waals surface area (Å²) in [5, 5.41) is 6.91. The maximum Gasteiger partial charge on any atom is 0.164 e. The molecular formula is C55H33N3OS. The summed E-state index contributed by atoms with van der Waals surface area (Å²) < 4.78 is 9.22. The molecule has 0 aliphatic heterocycles. The molecule has 0 fully saturated rings. The molecule has 5 heteroatoms. The van der Waals surface area contributed by atoms with E-state index >= 15 is 0 Å². The Kier molecular flexibility index (Phi) is 8.00. The monoisotopic (exact) mass is 783 g/mol. The fourth-order valence-electron chi connectivity index (χ4n) is 8.61. The van der Waals surface area contributed by atoms with E-state index in [-0.39, 0.29) is 0 Å². The Morgan fingerprint density at radius 2 is 0.867 bits per heavy atom. The van der Waals surface area contributed by atoms with Crippen molar-refractivity contribution in [2.45, 2.75) is 0 Å². The van der Waals surface area contributed by atoms with E-state index in [9.17, 15) is 0 Å². The summed E-state index contributed by atoms with van der Waals surface area (Å²) in [4.78, 5) is 15.6. The van der Waals surface area contributed by atoms with Gasteiger partial charge in [-0.05, 0) is 68.9 Å². The summed E-state index contributed by atoms with van der Waals surface area (Å²) >= 11 is 1.79. The molecule has 4 nitrogen and oxygen atoms in total. The van der Waals surface area contributed by atoms with Crippen molar-refractivity contribution in [1.29, 1.82) is 0 Å². The van der Waals surface area contributed by atoms with Gasteiger partial charge in [-0.1, -0.05) is 170 Å². The lowest BCUT2D eigenvalue weighted by Crippen LogP contribution is -2.00. The summed E-state index contributed by atoms with van der Waals surface area (Å²) in [5.74, 6) is 1.90. The van der Waals surface area contributed by atoms with Crippen molar-refractivity contribution in [3.63, 3.8) is 0 Å². The second-order valence-corrected chi connectivity index (χ2v) is 16.2. The molecule has 0 saturated carbocycles. The van der Waals surface area contributed by atoms with Gasteiger partial charge in [0, 0.05) is 53.2 Å². The normalized spacial score (nSPS) is 11.7. The maximum atomic E-state index is 6.77. The molecule has 0 amide bonds. The van der Waals surface area contributed by atoms with E-state index in [2.05, 4.69) is 188 Å². The van der Waals surface area contributed by atoms with Crippen LogP contribution in [0.25, 0.3) is 120 Å². The van der Waals surface area contributed by atoms with Crippen LogP contribution in [0.3, 0.4) is 0 Å². The maximum absolute atomic E-state index is 6.77. The second kappa shape index (κ2) is 14.0. The number of rotatable bonds is 6. The van der Waals surface area contributed by atoms with Gasteiger partial charge in [0.05, 0.1) is 0 Å².